The smallest absolute Gasteiger partial charge is 0.104 e. The highest BCUT2D eigenvalue weighted by Crippen LogP contribution is 1.80. The van der Waals surface area contributed by atoms with Gasteiger partial charge in [-0.05, 0) is 12.8 Å². The van der Waals surface area contributed by atoms with E-state index in [1.54, 1.807) is 0 Å². The molecule has 0 aromatic rings. The van der Waals surface area contributed by atoms with Gasteiger partial charge in [-0.25, -0.2) is 0 Å². The lowest BCUT2D eigenvalue weighted by molar-refractivity contribution is 0.242. The molecule has 0 fully saturated rings. The summed E-state index contributed by atoms with van der Waals surface area (Å²) in [4.78, 5) is 0. The summed E-state index contributed by atoms with van der Waals surface area (Å²) in [5.74, 6) is 6.49. The van der Waals surface area contributed by atoms with E-state index in [2.05, 4.69) is 18.3 Å². The third-order valence-electron chi connectivity index (χ3n) is 0.941. The van der Waals surface area contributed by atoms with E-state index in [1.165, 1.54) is 0 Å². The number of unbranched alkanes of at least 4 members (excludes halogenated alkanes) is 1. The Kier molecular flexibility index (Phi) is 63.6. The molecule has 18 heavy (non-hydrogen) atoms. The lowest BCUT2D eigenvalue weighted by Gasteiger charge is -1.85. The second kappa shape index (κ2) is 44.6. The summed E-state index contributed by atoms with van der Waals surface area (Å²) in [5, 5.41) is 46.6. The molecule has 0 unspecified atom stereocenters. The Hall–Kier alpha value is -1.12. The van der Waals surface area contributed by atoms with Crippen molar-refractivity contribution >= 4 is 0 Å². The van der Waals surface area contributed by atoms with Crippen LogP contribution in [0, 0.1) is 24.2 Å². The van der Waals surface area contributed by atoms with E-state index in [0.717, 1.165) is 20.0 Å². The molecule has 0 aromatic carbocycles. The van der Waals surface area contributed by atoms with E-state index in [1.807, 2.05) is 5.92 Å². The summed E-state index contributed by atoms with van der Waals surface area (Å²) in [6.45, 7) is -0.0950. The van der Waals surface area contributed by atoms with Crippen molar-refractivity contribution in [1.82, 2.24) is 0 Å². The van der Waals surface area contributed by atoms with Gasteiger partial charge in [0.2, 0.25) is 0 Å². The maximum absolute atomic E-state index is 8.09. The average Bonchev–Trinajstić information content (AvgIpc) is 2.45. The number of hydrogen-bond acceptors (Lipinski definition) is 6. The molecule has 6 nitrogen and oxygen atoms in total. The van der Waals surface area contributed by atoms with Crippen LogP contribution < -0.4 is 0 Å². The summed E-state index contributed by atoms with van der Waals surface area (Å²) >= 11 is 0. The first kappa shape index (κ1) is 25.7. The minimum Gasteiger partial charge on any atom is -0.400 e. The predicted octanol–water partition coefficient (Wildman–Crippen LogP) is -1.56. The Morgan fingerprint density at radius 3 is 1.17 bits per heavy atom. The Morgan fingerprint density at radius 1 is 0.778 bits per heavy atom. The molecule has 0 aliphatic rings. The van der Waals surface area contributed by atoms with Gasteiger partial charge in [-0.1, -0.05) is 17.8 Å². The van der Waals surface area contributed by atoms with E-state index in [0.29, 0.717) is 0 Å². The molecule has 0 aliphatic carbocycles. The van der Waals surface area contributed by atoms with Gasteiger partial charge in [0.15, 0.2) is 0 Å². The Bertz CT molecular complexity index is 186. The molecule has 0 saturated heterocycles. The Balaban J connectivity index is -0.0000000335. The van der Waals surface area contributed by atoms with E-state index < -0.39 is 0 Å². The molecule has 0 rings (SSSR count). The minimum atomic E-state index is -0.166. The summed E-state index contributed by atoms with van der Waals surface area (Å²) in [5.41, 5.74) is 0. The molecule has 0 heterocycles. The SMILES string of the molecule is C#CCO.CO.OCC#CCO.OCCCCO.[HH].[HH]. The number of hydrogen-bond donors (Lipinski definition) is 6. The fraction of sp³-hybridized carbons (Fsp3) is 0.667. The largest absolute Gasteiger partial charge is 0.400 e. The highest BCUT2D eigenvalue weighted by molar-refractivity contribution is 4.97. The predicted molar refractivity (Wildman–Crippen MR) is 73.6 cm³/mol. The fourth-order valence-electron chi connectivity index (χ4n) is 0.335. The molecule has 6 heteroatoms. The molecule has 0 aliphatic heterocycles. The molecule has 6 N–H and O–H groups in total. The zero-order chi connectivity index (χ0) is 15.1. The van der Waals surface area contributed by atoms with E-state index in [9.17, 15) is 0 Å². The van der Waals surface area contributed by atoms with Crippen LogP contribution in [0.2, 0.25) is 0 Å². The third-order valence-corrected chi connectivity index (χ3v) is 0.941. The van der Waals surface area contributed by atoms with Crippen molar-refractivity contribution in [3.8, 4) is 24.2 Å². The van der Waals surface area contributed by atoms with Gasteiger partial charge in [0.1, 0.15) is 19.8 Å². The van der Waals surface area contributed by atoms with Gasteiger partial charge in [-0.3, -0.25) is 0 Å². The molecular formula is C12H28O6. The normalized spacial score (nSPS) is 6.56. The highest BCUT2D eigenvalue weighted by atomic mass is 16.3. The molecule has 0 bridgehead atoms. The third kappa shape index (κ3) is 82.9. The van der Waals surface area contributed by atoms with Crippen LogP contribution in [-0.4, -0.2) is 70.8 Å². The van der Waals surface area contributed by atoms with Gasteiger partial charge in [-0.15, -0.1) is 6.42 Å². The first-order chi connectivity index (χ1) is 8.74. The van der Waals surface area contributed by atoms with E-state index in [-0.39, 0.29) is 35.9 Å². The standard InChI is InChI=1S/C4H10O2.C4H6O2.C3H4O.CH4O.2H2/c2*5-3-1-2-4-6;1-2-3-4;1-2;;/h5-6H,1-4H2;5-6H,3-4H2;1,4H,3H2;2H,1H3;2*1H. The van der Waals surface area contributed by atoms with Crippen molar-refractivity contribution < 1.29 is 33.5 Å². The van der Waals surface area contributed by atoms with Crippen LogP contribution in [0.3, 0.4) is 0 Å². The topological polar surface area (TPSA) is 121 Å². The van der Waals surface area contributed by atoms with Crippen LogP contribution in [0.1, 0.15) is 15.7 Å². The summed E-state index contributed by atoms with van der Waals surface area (Å²) in [6.07, 6.45) is 5.97. The van der Waals surface area contributed by atoms with Crippen LogP contribution in [0.25, 0.3) is 0 Å². The first-order valence-electron chi connectivity index (χ1n) is 5.13. The number of aliphatic hydroxyl groups excluding tert-OH is 6. The lowest BCUT2D eigenvalue weighted by atomic mass is 10.3. The summed E-state index contributed by atoms with van der Waals surface area (Å²) in [7, 11) is 1.00. The summed E-state index contributed by atoms with van der Waals surface area (Å²) in [6, 6.07) is 0. The van der Waals surface area contributed by atoms with Crippen molar-refractivity contribution in [3.63, 3.8) is 0 Å². The minimum absolute atomic E-state index is 0. The molecule has 0 saturated carbocycles. The highest BCUT2D eigenvalue weighted by Gasteiger charge is 1.77. The molecule has 112 valence electrons. The summed E-state index contributed by atoms with van der Waals surface area (Å²) < 4.78 is 0. The second-order valence-electron chi connectivity index (χ2n) is 2.19. The zero-order valence-corrected chi connectivity index (χ0v) is 10.7. The van der Waals surface area contributed by atoms with Gasteiger partial charge in [0, 0.05) is 23.2 Å². The van der Waals surface area contributed by atoms with Crippen LogP contribution >= 0.6 is 0 Å². The molecule has 0 atom stereocenters. The van der Waals surface area contributed by atoms with Crippen molar-refractivity contribution in [1.29, 1.82) is 0 Å². The van der Waals surface area contributed by atoms with Gasteiger partial charge >= 0.3 is 0 Å². The molecule has 0 amide bonds. The monoisotopic (exact) mass is 268 g/mol. The van der Waals surface area contributed by atoms with Crippen molar-refractivity contribution in [2.24, 2.45) is 0 Å². The molecule has 0 aromatic heterocycles. The Morgan fingerprint density at radius 2 is 1.06 bits per heavy atom. The van der Waals surface area contributed by atoms with Crippen molar-refractivity contribution in [3.05, 3.63) is 0 Å². The molecular weight excluding hydrogens is 240 g/mol. The van der Waals surface area contributed by atoms with Gasteiger partial charge in [-0.2, -0.15) is 0 Å². The number of rotatable bonds is 3. The van der Waals surface area contributed by atoms with E-state index >= 15 is 0 Å². The first-order valence-corrected chi connectivity index (χ1v) is 5.13. The lowest BCUT2D eigenvalue weighted by Crippen LogP contribution is -1.85. The maximum atomic E-state index is 8.09. The Labute approximate surface area is 112 Å². The van der Waals surface area contributed by atoms with Crippen LogP contribution in [-0.2, 0) is 0 Å². The van der Waals surface area contributed by atoms with Crippen molar-refractivity contribution in [2.75, 3.05) is 40.1 Å². The van der Waals surface area contributed by atoms with Crippen molar-refractivity contribution in [2.45, 2.75) is 12.8 Å². The van der Waals surface area contributed by atoms with E-state index in [4.69, 9.17) is 30.6 Å². The van der Waals surface area contributed by atoms with Crippen LogP contribution in [0.4, 0.5) is 0 Å². The van der Waals surface area contributed by atoms with Gasteiger partial charge < -0.3 is 30.6 Å². The van der Waals surface area contributed by atoms with Gasteiger partial charge in [0.25, 0.3) is 0 Å². The molecule has 0 radical (unpaired) electrons. The average molecular weight is 268 g/mol. The quantitative estimate of drug-likeness (QED) is 0.272. The number of aliphatic hydroxyl groups is 6. The van der Waals surface area contributed by atoms with Gasteiger partial charge in [0.05, 0.1) is 0 Å². The maximum Gasteiger partial charge on any atom is 0.104 e. The second-order valence-corrected chi connectivity index (χ2v) is 2.19. The fourth-order valence-corrected chi connectivity index (χ4v) is 0.335. The molecule has 0 spiro atoms. The van der Waals surface area contributed by atoms with Crippen LogP contribution in [0.15, 0.2) is 0 Å². The zero-order valence-electron chi connectivity index (χ0n) is 10.7. The number of terminal acetylenes is 1. The van der Waals surface area contributed by atoms with Crippen LogP contribution in [0.5, 0.6) is 0 Å².